The molecule has 1 nitrogen and oxygen atoms in total. The van der Waals surface area contributed by atoms with Gasteiger partial charge >= 0.3 is 0 Å². The Balaban J connectivity index is -0.0000000431. The summed E-state index contributed by atoms with van der Waals surface area (Å²) in [6.07, 6.45) is -0.167. The second kappa shape index (κ2) is 29.2. The summed E-state index contributed by atoms with van der Waals surface area (Å²) < 4.78 is 0. The van der Waals surface area contributed by atoms with Gasteiger partial charge in [-0.15, -0.1) is 9.24 Å². The van der Waals surface area contributed by atoms with Gasteiger partial charge in [0.2, 0.25) is 0 Å². The van der Waals surface area contributed by atoms with Gasteiger partial charge in [0.05, 0.1) is 0 Å². The molecule has 13 heavy (non-hydrogen) atoms. The fraction of sp³-hybridized carbons (Fsp3) is 1.00. The highest BCUT2D eigenvalue weighted by Gasteiger charge is 1.69. The Bertz CT molecular complexity index is 43.4. The average molecular weight is 293 g/mol. The molecule has 0 aromatic carbocycles. The van der Waals surface area contributed by atoms with E-state index in [2.05, 4.69) is 37.8 Å². The lowest BCUT2D eigenvalue weighted by Crippen LogP contribution is -1.85. The van der Waals surface area contributed by atoms with Crippen LogP contribution in [0.3, 0.4) is 0 Å². The van der Waals surface area contributed by atoms with E-state index < -0.39 is 0 Å². The van der Waals surface area contributed by atoms with Crippen molar-refractivity contribution in [3.8, 4) is 0 Å². The first-order valence-electron chi connectivity index (χ1n) is 4.50. The first-order chi connectivity index (χ1) is 5.88. The number of thiol groups is 1. The molecule has 0 radical (unpaired) electrons. The van der Waals surface area contributed by atoms with Gasteiger partial charge in [-0.1, -0.05) is 43.6 Å². The van der Waals surface area contributed by atoms with E-state index in [9.17, 15) is 0 Å². The number of hydrogen-bond donors (Lipinski definition) is 2. The SMILES string of the molecule is CC.CC(C)O.CC(C)S.PCBr. The van der Waals surface area contributed by atoms with E-state index in [1.807, 2.05) is 27.7 Å². The van der Waals surface area contributed by atoms with E-state index in [1.54, 1.807) is 13.8 Å². The fourth-order valence-electron chi connectivity index (χ4n) is 0. The van der Waals surface area contributed by atoms with Gasteiger partial charge in [0.15, 0.2) is 0 Å². The summed E-state index contributed by atoms with van der Waals surface area (Å²) in [5.74, 6) is 0. The molecule has 0 aromatic rings. The predicted molar refractivity (Wildman–Crippen MR) is 76.3 cm³/mol. The molecule has 0 aromatic heterocycles. The highest BCUT2D eigenvalue weighted by molar-refractivity contribution is 9.10. The third-order valence-electron chi connectivity index (χ3n) is 0. The van der Waals surface area contributed by atoms with Crippen LogP contribution in [0.5, 0.6) is 0 Å². The van der Waals surface area contributed by atoms with Crippen LogP contribution in [0.2, 0.25) is 0 Å². The zero-order valence-corrected chi connectivity index (χ0v) is 13.3. The minimum Gasteiger partial charge on any atom is -0.394 e. The second-order valence-corrected chi connectivity index (χ2v) is 5.63. The molecule has 0 aliphatic heterocycles. The number of aliphatic hydroxyl groups excluding tert-OH is 1. The van der Waals surface area contributed by atoms with Crippen LogP contribution in [0, 0.1) is 0 Å². The minimum absolute atomic E-state index is 0.167. The molecular weight excluding hydrogens is 267 g/mol. The van der Waals surface area contributed by atoms with Crippen molar-refractivity contribution < 1.29 is 5.11 Å². The Morgan fingerprint density at radius 3 is 1.23 bits per heavy atom. The molecule has 4 heteroatoms. The quantitative estimate of drug-likeness (QED) is 0.393. The molecular formula is C9H26BrOPS. The largest absolute Gasteiger partial charge is 0.394 e. The molecule has 0 saturated heterocycles. The van der Waals surface area contributed by atoms with Gasteiger partial charge < -0.3 is 5.11 Å². The number of hydrogen-bond acceptors (Lipinski definition) is 2. The van der Waals surface area contributed by atoms with Crippen LogP contribution in [-0.4, -0.2) is 21.5 Å². The van der Waals surface area contributed by atoms with Crippen molar-refractivity contribution in [2.24, 2.45) is 0 Å². The van der Waals surface area contributed by atoms with Gasteiger partial charge in [0.25, 0.3) is 0 Å². The lowest BCUT2D eigenvalue weighted by Gasteiger charge is -1.80. The van der Waals surface area contributed by atoms with Gasteiger partial charge in [-0.2, -0.15) is 12.6 Å². The zero-order valence-electron chi connectivity index (χ0n) is 9.71. The Kier molecular flexibility index (Phi) is 53.5. The molecule has 1 unspecified atom stereocenters. The number of aliphatic hydroxyl groups is 1. The summed E-state index contributed by atoms with van der Waals surface area (Å²) in [5.41, 5.74) is 0. The van der Waals surface area contributed by atoms with E-state index in [-0.39, 0.29) is 6.10 Å². The van der Waals surface area contributed by atoms with Gasteiger partial charge in [0.1, 0.15) is 0 Å². The molecule has 0 fully saturated rings. The van der Waals surface area contributed by atoms with Crippen LogP contribution >= 0.6 is 37.8 Å². The van der Waals surface area contributed by atoms with Crippen molar-refractivity contribution in [1.29, 1.82) is 0 Å². The van der Waals surface area contributed by atoms with Crippen LogP contribution in [0.4, 0.5) is 0 Å². The molecule has 0 spiro atoms. The molecule has 0 amide bonds. The van der Waals surface area contributed by atoms with Crippen LogP contribution in [-0.2, 0) is 0 Å². The molecule has 0 aliphatic rings. The maximum absolute atomic E-state index is 8.06. The number of alkyl halides is 1. The molecule has 0 saturated carbocycles. The zero-order chi connectivity index (χ0) is 11.9. The van der Waals surface area contributed by atoms with Crippen molar-refractivity contribution in [3.63, 3.8) is 0 Å². The number of rotatable bonds is 0. The smallest absolute Gasteiger partial charge is 0.0483 e. The summed E-state index contributed by atoms with van der Waals surface area (Å²) in [4.78, 5) is 0. The molecule has 0 bridgehead atoms. The summed E-state index contributed by atoms with van der Waals surface area (Å²) in [6.45, 7) is 11.5. The van der Waals surface area contributed by atoms with E-state index in [0.717, 1.165) is 5.07 Å². The van der Waals surface area contributed by atoms with Gasteiger partial charge in [-0.3, -0.25) is 0 Å². The van der Waals surface area contributed by atoms with E-state index in [1.165, 1.54) is 0 Å². The average Bonchev–Trinajstić information content (AvgIpc) is 1.89. The summed E-state index contributed by atoms with van der Waals surface area (Å²) in [7, 11) is 2.50. The molecule has 0 rings (SSSR count). The van der Waals surface area contributed by atoms with E-state index in [4.69, 9.17) is 5.11 Å². The standard InChI is InChI=1S/C3H8O.C3H8S.C2H6.CH4BrP/c2*1-3(2)4;1-2;2-1-3/h2*3-4H,1-2H3;1-2H3;1,3H2. The van der Waals surface area contributed by atoms with E-state index in [0.29, 0.717) is 5.25 Å². The highest BCUT2D eigenvalue weighted by atomic mass is 79.9. The molecule has 1 atom stereocenters. The fourth-order valence-corrected chi connectivity index (χ4v) is 0. The van der Waals surface area contributed by atoms with Crippen molar-refractivity contribution in [1.82, 2.24) is 0 Å². The summed E-state index contributed by atoms with van der Waals surface area (Å²) in [6, 6.07) is 0. The highest BCUT2D eigenvalue weighted by Crippen LogP contribution is 1.84. The summed E-state index contributed by atoms with van der Waals surface area (Å²) in [5, 5.41) is 9.56. The van der Waals surface area contributed by atoms with Crippen molar-refractivity contribution >= 4 is 37.8 Å². The Morgan fingerprint density at radius 1 is 1.23 bits per heavy atom. The minimum atomic E-state index is -0.167. The molecule has 0 heterocycles. The predicted octanol–water partition coefficient (Wildman–Crippen LogP) is 3.95. The van der Waals surface area contributed by atoms with Crippen molar-refractivity contribution in [2.75, 3.05) is 5.07 Å². The molecule has 86 valence electrons. The first-order valence-corrected chi connectivity index (χ1v) is 6.96. The third kappa shape index (κ3) is 1120. The maximum atomic E-state index is 8.06. The van der Waals surface area contributed by atoms with E-state index >= 15 is 0 Å². The Morgan fingerprint density at radius 2 is 1.23 bits per heavy atom. The molecule has 1 N–H and O–H groups in total. The van der Waals surface area contributed by atoms with Crippen LogP contribution in [0.1, 0.15) is 41.5 Å². The van der Waals surface area contributed by atoms with Crippen LogP contribution < -0.4 is 0 Å². The Labute approximate surface area is 101 Å². The van der Waals surface area contributed by atoms with Gasteiger partial charge in [-0.05, 0) is 19.1 Å². The monoisotopic (exact) mass is 292 g/mol. The Hall–Kier alpha value is 1.22. The topological polar surface area (TPSA) is 20.2 Å². The van der Waals surface area contributed by atoms with Gasteiger partial charge in [0, 0.05) is 11.2 Å². The number of halogens is 1. The van der Waals surface area contributed by atoms with Crippen LogP contribution in [0.25, 0.3) is 0 Å². The molecule has 0 aliphatic carbocycles. The van der Waals surface area contributed by atoms with Gasteiger partial charge in [-0.25, -0.2) is 0 Å². The summed E-state index contributed by atoms with van der Waals surface area (Å²) >= 11 is 7.07. The van der Waals surface area contributed by atoms with Crippen molar-refractivity contribution in [3.05, 3.63) is 0 Å². The maximum Gasteiger partial charge on any atom is 0.0483 e. The third-order valence-corrected chi connectivity index (χ3v) is 0. The van der Waals surface area contributed by atoms with Crippen LogP contribution in [0.15, 0.2) is 0 Å². The first kappa shape index (κ1) is 23.8. The van der Waals surface area contributed by atoms with Crippen molar-refractivity contribution in [2.45, 2.75) is 52.9 Å². The second-order valence-electron chi connectivity index (χ2n) is 2.34. The lowest BCUT2D eigenvalue weighted by atomic mass is 10.5. The normalized spacial score (nSPS) is 7.38. The lowest BCUT2D eigenvalue weighted by molar-refractivity contribution is 0.216.